The highest BCUT2D eigenvalue weighted by atomic mass is 16.2. The van der Waals surface area contributed by atoms with E-state index in [1.165, 1.54) is 25.7 Å². The van der Waals surface area contributed by atoms with Crippen molar-refractivity contribution in [2.45, 2.75) is 52.0 Å². The number of pyridine rings is 1. The van der Waals surface area contributed by atoms with E-state index in [1.807, 2.05) is 35.2 Å². The molecule has 1 aliphatic heterocycles. The van der Waals surface area contributed by atoms with E-state index in [-0.39, 0.29) is 11.8 Å². The molecular weight excluding hydrogens is 322 g/mol. The number of carbonyl (C=O) groups excluding carboxylic acids is 1. The zero-order valence-corrected chi connectivity index (χ0v) is 15.4. The number of carbonyl (C=O) groups is 1. The van der Waals surface area contributed by atoms with Crippen LogP contribution >= 0.6 is 0 Å². The molecule has 0 bridgehead atoms. The molecule has 1 aromatic heterocycles. The third-order valence-corrected chi connectivity index (χ3v) is 5.83. The monoisotopic (exact) mass is 349 g/mol. The number of benzene rings is 1. The van der Waals surface area contributed by atoms with E-state index in [2.05, 4.69) is 23.3 Å². The van der Waals surface area contributed by atoms with Crippen LogP contribution in [0, 0.1) is 11.8 Å². The minimum absolute atomic E-state index is 0.148. The first-order chi connectivity index (χ1) is 12.8. The maximum atomic E-state index is 13.4. The Morgan fingerprint density at radius 1 is 1.15 bits per heavy atom. The number of rotatable bonds is 3. The highest BCUT2D eigenvalue weighted by Gasteiger charge is 2.32. The standard InChI is InChI=1S/C22H27N3O/c1-2-6-16-10-12-17(13-11-16)22(26)25-15-18-7-5-14-23-21(18)24-19-8-3-4-9-20(19)25/h3-5,7-9,14,16-17H,2,6,10-13,15H2,1H3,(H,23,24). The molecule has 1 aromatic carbocycles. The summed E-state index contributed by atoms with van der Waals surface area (Å²) < 4.78 is 0. The number of aromatic nitrogens is 1. The van der Waals surface area contributed by atoms with Gasteiger partial charge in [-0.05, 0) is 49.8 Å². The Balaban J connectivity index is 1.60. The SMILES string of the molecule is CCCC1CCC(C(=O)N2Cc3cccnc3Nc3ccccc32)CC1. The van der Waals surface area contributed by atoms with Crippen molar-refractivity contribution >= 4 is 23.1 Å². The summed E-state index contributed by atoms with van der Waals surface area (Å²) in [4.78, 5) is 19.9. The molecule has 1 N–H and O–H groups in total. The van der Waals surface area contributed by atoms with Crippen molar-refractivity contribution in [1.29, 1.82) is 0 Å². The average Bonchev–Trinajstić information content (AvgIpc) is 2.85. The van der Waals surface area contributed by atoms with Gasteiger partial charge in [-0.2, -0.15) is 0 Å². The Morgan fingerprint density at radius 3 is 2.77 bits per heavy atom. The fraction of sp³-hybridized carbons (Fsp3) is 0.455. The Bertz CT molecular complexity index is 780. The summed E-state index contributed by atoms with van der Waals surface area (Å²) in [7, 11) is 0. The van der Waals surface area contributed by atoms with E-state index in [0.717, 1.165) is 41.5 Å². The lowest BCUT2D eigenvalue weighted by Gasteiger charge is -2.32. The zero-order chi connectivity index (χ0) is 17.9. The van der Waals surface area contributed by atoms with E-state index in [0.29, 0.717) is 6.54 Å². The first-order valence-corrected chi connectivity index (χ1v) is 9.87. The van der Waals surface area contributed by atoms with E-state index in [1.54, 1.807) is 6.20 Å². The second-order valence-corrected chi connectivity index (χ2v) is 7.58. The molecule has 0 radical (unpaired) electrons. The van der Waals surface area contributed by atoms with Gasteiger partial charge in [0.1, 0.15) is 5.82 Å². The number of anilines is 3. The van der Waals surface area contributed by atoms with Crippen LogP contribution < -0.4 is 10.2 Å². The van der Waals surface area contributed by atoms with Crippen LogP contribution in [-0.2, 0) is 11.3 Å². The molecule has 2 heterocycles. The predicted octanol–water partition coefficient (Wildman–Crippen LogP) is 5.28. The second kappa shape index (κ2) is 7.48. The predicted molar refractivity (Wildman–Crippen MR) is 106 cm³/mol. The molecule has 136 valence electrons. The van der Waals surface area contributed by atoms with Crippen LogP contribution in [-0.4, -0.2) is 10.9 Å². The molecule has 1 fully saturated rings. The Hall–Kier alpha value is -2.36. The van der Waals surface area contributed by atoms with Crippen LogP contribution in [0.25, 0.3) is 0 Å². The number of nitrogens with one attached hydrogen (secondary N) is 1. The summed E-state index contributed by atoms with van der Waals surface area (Å²) in [5.74, 6) is 2.08. The van der Waals surface area contributed by atoms with Crippen LogP contribution in [0.3, 0.4) is 0 Å². The van der Waals surface area contributed by atoms with E-state index >= 15 is 0 Å². The Labute approximate surface area is 155 Å². The molecule has 0 atom stereocenters. The lowest BCUT2D eigenvalue weighted by atomic mass is 9.79. The van der Waals surface area contributed by atoms with E-state index < -0.39 is 0 Å². The van der Waals surface area contributed by atoms with Crippen molar-refractivity contribution in [3.63, 3.8) is 0 Å². The van der Waals surface area contributed by atoms with Gasteiger partial charge in [-0.1, -0.05) is 38.0 Å². The van der Waals surface area contributed by atoms with Gasteiger partial charge in [0.25, 0.3) is 0 Å². The van der Waals surface area contributed by atoms with Crippen molar-refractivity contribution in [3.05, 3.63) is 48.2 Å². The second-order valence-electron chi connectivity index (χ2n) is 7.58. The van der Waals surface area contributed by atoms with Gasteiger partial charge in [0.15, 0.2) is 0 Å². The minimum atomic E-state index is 0.148. The smallest absolute Gasteiger partial charge is 0.230 e. The quantitative estimate of drug-likeness (QED) is 0.820. The molecule has 4 rings (SSSR count). The molecule has 1 aliphatic carbocycles. The third kappa shape index (κ3) is 3.33. The van der Waals surface area contributed by atoms with Gasteiger partial charge in [0, 0.05) is 17.7 Å². The third-order valence-electron chi connectivity index (χ3n) is 5.83. The van der Waals surface area contributed by atoms with Crippen molar-refractivity contribution < 1.29 is 4.79 Å². The fourth-order valence-corrected chi connectivity index (χ4v) is 4.40. The maximum Gasteiger partial charge on any atom is 0.230 e. The maximum absolute atomic E-state index is 13.4. The molecule has 0 spiro atoms. The molecule has 4 nitrogen and oxygen atoms in total. The lowest BCUT2D eigenvalue weighted by molar-refractivity contribution is -0.123. The fourth-order valence-electron chi connectivity index (χ4n) is 4.40. The van der Waals surface area contributed by atoms with Gasteiger partial charge in [-0.15, -0.1) is 0 Å². The molecule has 1 amide bonds. The Morgan fingerprint density at radius 2 is 1.96 bits per heavy atom. The van der Waals surface area contributed by atoms with Gasteiger partial charge >= 0.3 is 0 Å². The molecule has 0 saturated heterocycles. The average molecular weight is 349 g/mol. The summed E-state index contributed by atoms with van der Waals surface area (Å²) in [5, 5.41) is 3.41. The van der Waals surface area contributed by atoms with Gasteiger partial charge in [0.05, 0.1) is 17.9 Å². The van der Waals surface area contributed by atoms with Crippen LogP contribution in [0.1, 0.15) is 51.0 Å². The molecule has 2 aliphatic rings. The highest BCUT2D eigenvalue weighted by molar-refractivity contribution is 5.99. The molecule has 26 heavy (non-hydrogen) atoms. The van der Waals surface area contributed by atoms with Crippen molar-refractivity contribution in [2.24, 2.45) is 11.8 Å². The lowest BCUT2D eigenvalue weighted by Crippen LogP contribution is -2.37. The highest BCUT2D eigenvalue weighted by Crippen LogP contribution is 2.38. The van der Waals surface area contributed by atoms with Gasteiger partial charge < -0.3 is 10.2 Å². The molecule has 1 saturated carbocycles. The van der Waals surface area contributed by atoms with Gasteiger partial charge in [0.2, 0.25) is 5.91 Å². The van der Waals surface area contributed by atoms with E-state index in [4.69, 9.17) is 0 Å². The number of hydrogen-bond acceptors (Lipinski definition) is 3. The molecule has 2 aromatic rings. The van der Waals surface area contributed by atoms with Gasteiger partial charge in [-0.3, -0.25) is 4.79 Å². The van der Waals surface area contributed by atoms with Crippen LogP contribution in [0.15, 0.2) is 42.6 Å². The summed E-state index contributed by atoms with van der Waals surface area (Å²) in [5.41, 5.74) is 2.99. The summed E-state index contributed by atoms with van der Waals surface area (Å²) in [6.45, 7) is 2.84. The normalized spacial score (nSPS) is 22.0. The minimum Gasteiger partial charge on any atom is -0.338 e. The number of nitrogens with zero attached hydrogens (tertiary/aromatic N) is 2. The number of para-hydroxylation sites is 2. The Kier molecular flexibility index (Phi) is 4.91. The van der Waals surface area contributed by atoms with Crippen molar-refractivity contribution in [3.8, 4) is 0 Å². The summed E-state index contributed by atoms with van der Waals surface area (Å²) in [6, 6.07) is 12.1. The first-order valence-electron chi connectivity index (χ1n) is 9.87. The van der Waals surface area contributed by atoms with Crippen LogP contribution in [0.5, 0.6) is 0 Å². The van der Waals surface area contributed by atoms with Crippen LogP contribution in [0.2, 0.25) is 0 Å². The van der Waals surface area contributed by atoms with Gasteiger partial charge in [-0.25, -0.2) is 4.98 Å². The van der Waals surface area contributed by atoms with Crippen molar-refractivity contribution in [2.75, 3.05) is 10.2 Å². The van der Waals surface area contributed by atoms with E-state index in [9.17, 15) is 4.79 Å². The molecular formula is C22H27N3O. The zero-order valence-electron chi connectivity index (χ0n) is 15.4. The summed E-state index contributed by atoms with van der Waals surface area (Å²) in [6.07, 6.45) is 8.77. The molecule has 0 unspecified atom stereocenters. The number of hydrogen-bond donors (Lipinski definition) is 1. The topological polar surface area (TPSA) is 45.2 Å². The number of amides is 1. The first kappa shape index (κ1) is 17.1. The summed E-state index contributed by atoms with van der Waals surface area (Å²) >= 11 is 0. The molecule has 4 heteroatoms. The van der Waals surface area contributed by atoms with Crippen molar-refractivity contribution in [1.82, 2.24) is 4.98 Å². The number of fused-ring (bicyclic) bond motifs is 2. The van der Waals surface area contributed by atoms with Crippen LogP contribution in [0.4, 0.5) is 17.2 Å². The largest absolute Gasteiger partial charge is 0.338 e.